The van der Waals surface area contributed by atoms with E-state index in [0.717, 1.165) is 16.7 Å². The Labute approximate surface area is 143 Å². The average molecular weight is 337 g/mol. The number of ether oxygens (including phenoxy) is 2. The topological polar surface area (TPSA) is 38.7 Å². The van der Waals surface area contributed by atoms with Gasteiger partial charge in [-0.15, -0.1) is 0 Å². The van der Waals surface area contributed by atoms with Crippen LogP contribution in [0.25, 0.3) is 11.1 Å². The van der Waals surface area contributed by atoms with E-state index in [4.69, 9.17) is 21.1 Å². The molecule has 0 unspecified atom stereocenters. The second-order valence-electron chi connectivity index (χ2n) is 6.68. The quantitative estimate of drug-likeness (QED) is 0.845. The first-order valence-corrected chi connectivity index (χ1v) is 8.20. The molecule has 1 aromatic rings. The molecule has 4 heteroatoms. The molecule has 0 saturated heterocycles. The Morgan fingerprint density at radius 2 is 2.09 bits per heavy atom. The molecular weight excluding hydrogens is 312 g/mol. The molecule has 0 amide bonds. The van der Waals surface area contributed by atoms with Crippen molar-refractivity contribution in [1.29, 1.82) is 0 Å². The SMILES string of the molecule is COc1c(C(C)=CCO)cc2c(c1Cl)OC(C)(C)C=C2C(C)C. The minimum atomic E-state index is -0.418. The third-order valence-corrected chi connectivity index (χ3v) is 4.35. The van der Waals surface area contributed by atoms with E-state index in [1.54, 1.807) is 13.2 Å². The summed E-state index contributed by atoms with van der Waals surface area (Å²) >= 11 is 6.61. The third-order valence-electron chi connectivity index (χ3n) is 4.00. The number of allylic oxidation sites excluding steroid dienone is 2. The molecular formula is C19H25ClO3. The van der Waals surface area contributed by atoms with Gasteiger partial charge in [-0.2, -0.15) is 0 Å². The van der Waals surface area contributed by atoms with Crippen LogP contribution in [-0.2, 0) is 0 Å². The third kappa shape index (κ3) is 3.41. The summed E-state index contributed by atoms with van der Waals surface area (Å²) in [6, 6.07) is 2.04. The number of aliphatic hydroxyl groups excluding tert-OH is 1. The zero-order valence-corrected chi connectivity index (χ0v) is 15.4. The van der Waals surface area contributed by atoms with Crippen molar-refractivity contribution in [2.75, 3.05) is 13.7 Å². The number of aliphatic hydroxyl groups is 1. The fourth-order valence-electron chi connectivity index (χ4n) is 2.89. The summed E-state index contributed by atoms with van der Waals surface area (Å²) in [5, 5.41) is 9.67. The molecule has 0 fully saturated rings. The van der Waals surface area contributed by atoms with Gasteiger partial charge in [-0.05, 0) is 50.0 Å². The largest absolute Gasteiger partial charge is 0.494 e. The highest BCUT2D eigenvalue weighted by Crippen LogP contribution is 2.49. The molecule has 0 spiro atoms. The highest BCUT2D eigenvalue weighted by molar-refractivity contribution is 6.34. The van der Waals surface area contributed by atoms with Crippen LogP contribution in [0.3, 0.4) is 0 Å². The van der Waals surface area contributed by atoms with Gasteiger partial charge in [-0.3, -0.25) is 0 Å². The second kappa shape index (κ2) is 6.58. The Kier molecular flexibility index (Phi) is 5.12. The van der Waals surface area contributed by atoms with Crippen LogP contribution in [0.5, 0.6) is 11.5 Å². The predicted octanol–water partition coefficient (Wildman–Crippen LogP) is 4.95. The molecule has 0 aromatic heterocycles. The Morgan fingerprint density at radius 3 is 2.61 bits per heavy atom. The maximum Gasteiger partial charge on any atom is 0.150 e. The van der Waals surface area contributed by atoms with Gasteiger partial charge in [-0.1, -0.05) is 31.5 Å². The van der Waals surface area contributed by atoms with Crippen LogP contribution in [0.2, 0.25) is 5.02 Å². The lowest BCUT2D eigenvalue weighted by molar-refractivity contribution is 0.156. The molecule has 0 saturated carbocycles. The molecule has 1 N–H and O–H groups in total. The molecule has 1 aromatic carbocycles. The Morgan fingerprint density at radius 1 is 1.43 bits per heavy atom. The molecule has 3 nitrogen and oxygen atoms in total. The van der Waals surface area contributed by atoms with Crippen LogP contribution in [0.4, 0.5) is 0 Å². The van der Waals surface area contributed by atoms with E-state index in [9.17, 15) is 5.11 Å². The lowest BCUT2D eigenvalue weighted by atomic mass is 9.86. The molecule has 23 heavy (non-hydrogen) atoms. The van der Waals surface area contributed by atoms with Crippen molar-refractivity contribution >= 4 is 22.7 Å². The van der Waals surface area contributed by atoms with Gasteiger partial charge >= 0.3 is 0 Å². The fraction of sp³-hybridized carbons (Fsp3) is 0.474. The summed E-state index contributed by atoms with van der Waals surface area (Å²) < 4.78 is 11.6. The number of rotatable bonds is 4. The summed E-state index contributed by atoms with van der Waals surface area (Å²) in [5.74, 6) is 1.59. The van der Waals surface area contributed by atoms with Gasteiger partial charge in [0.2, 0.25) is 0 Å². The van der Waals surface area contributed by atoms with Crippen LogP contribution >= 0.6 is 11.6 Å². The predicted molar refractivity (Wildman–Crippen MR) is 96.3 cm³/mol. The Bertz CT molecular complexity index is 670. The number of benzene rings is 1. The summed E-state index contributed by atoms with van der Waals surface area (Å²) in [5.41, 5.74) is 3.57. The van der Waals surface area contributed by atoms with E-state index in [-0.39, 0.29) is 6.61 Å². The summed E-state index contributed by atoms with van der Waals surface area (Å²) in [4.78, 5) is 0. The normalized spacial score (nSPS) is 16.7. The first kappa shape index (κ1) is 17.9. The highest BCUT2D eigenvalue weighted by Gasteiger charge is 2.32. The number of fused-ring (bicyclic) bond motifs is 1. The van der Waals surface area contributed by atoms with Crippen molar-refractivity contribution in [1.82, 2.24) is 0 Å². The monoisotopic (exact) mass is 336 g/mol. The van der Waals surface area contributed by atoms with Crippen LogP contribution in [-0.4, -0.2) is 24.4 Å². The van der Waals surface area contributed by atoms with E-state index in [1.807, 2.05) is 26.8 Å². The average Bonchev–Trinajstić information content (AvgIpc) is 2.46. The zero-order chi connectivity index (χ0) is 17.4. The van der Waals surface area contributed by atoms with Crippen molar-refractivity contribution in [3.8, 4) is 11.5 Å². The van der Waals surface area contributed by atoms with Gasteiger partial charge in [0.05, 0.1) is 13.7 Å². The summed E-state index contributed by atoms with van der Waals surface area (Å²) in [7, 11) is 1.59. The molecule has 0 radical (unpaired) electrons. The number of methoxy groups -OCH3 is 1. The van der Waals surface area contributed by atoms with Gasteiger partial charge in [0, 0.05) is 11.1 Å². The second-order valence-corrected chi connectivity index (χ2v) is 7.06. The highest BCUT2D eigenvalue weighted by atomic mass is 35.5. The summed E-state index contributed by atoms with van der Waals surface area (Å²) in [6.45, 7) is 10.3. The minimum Gasteiger partial charge on any atom is -0.494 e. The van der Waals surface area contributed by atoms with Gasteiger partial charge < -0.3 is 14.6 Å². The first-order valence-electron chi connectivity index (χ1n) is 7.82. The molecule has 0 bridgehead atoms. The Hall–Kier alpha value is -1.45. The molecule has 0 atom stereocenters. The first-order chi connectivity index (χ1) is 10.7. The number of halogens is 1. The molecule has 126 valence electrons. The summed E-state index contributed by atoms with van der Waals surface area (Å²) in [6.07, 6.45) is 3.89. The van der Waals surface area contributed by atoms with Crippen molar-refractivity contribution in [2.24, 2.45) is 5.92 Å². The number of hydrogen-bond acceptors (Lipinski definition) is 3. The molecule has 1 heterocycles. The van der Waals surface area contributed by atoms with Crippen molar-refractivity contribution in [3.05, 3.63) is 34.4 Å². The van der Waals surface area contributed by atoms with E-state index < -0.39 is 5.60 Å². The van der Waals surface area contributed by atoms with Crippen LogP contribution < -0.4 is 9.47 Å². The van der Waals surface area contributed by atoms with Crippen molar-refractivity contribution < 1.29 is 14.6 Å². The van der Waals surface area contributed by atoms with Gasteiger partial charge in [0.15, 0.2) is 5.75 Å². The van der Waals surface area contributed by atoms with Gasteiger partial charge in [0.1, 0.15) is 16.4 Å². The van der Waals surface area contributed by atoms with Gasteiger partial charge in [-0.25, -0.2) is 0 Å². The van der Waals surface area contributed by atoms with Gasteiger partial charge in [0.25, 0.3) is 0 Å². The lowest BCUT2D eigenvalue weighted by Gasteiger charge is -2.34. The van der Waals surface area contributed by atoms with E-state index >= 15 is 0 Å². The Balaban J connectivity index is 2.77. The fourth-order valence-corrected chi connectivity index (χ4v) is 3.21. The smallest absolute Gasteiger partial charge is 0.150 e. The zero-order valence-electron chi connectivity index (χ0n) is 14.7. The lowest BCUT2D eigenvalue weighted by Crippen LogP contribution is -2.30. The van der Waals surface area contributed by atoms with Crippen LogP contribution in [0, 0.1) is 5.92 Å². The maximum absolute atomic E-state index is 9.19. The van der Waals surface area contributed by atoms with Crippen molar-refractivity contribution in [3.63, 3.8) is 0 Å². The maximum atomic E-state index is 9.19. The molecule has 0 aliphatic carbocycles. The standard InChI is InChI=1S/C19H25ClO3/c1-11(2)15-10-19(4,5)23-18-14(15)9-13(12(3)7-8-21)17(22-6)16(18)20/h7,9-11,21H,8H2,1-6H3. The van der Waals surface area contributed by atoms with Crippen molar-refractivity contribution in [2.45, 2.75) is 40.2 Å². The van der Waals surface area contributed by atoms with E-state index in [1.165, 1.54) is 5.57 Å². The number of hydrogen-bond donors (Lipinski definition) is 1. The van der Waals surface area contributed by atoms with Crippen LogP contribution in [0.15, 0.2) is 18.2 Å². The molecule has 1 aliphatic heterocycles. The molecule has 2 rings (SSSR count). The van der Waals surface area contributed by atoms with E-state index in [0.29, 0.717) is 22.4 Å². The van der Waals surface area contributed by atoms with E-state index in [2.05, 4.69) is 19.9 Å². The minimum absolute atomic E-state index is 0.0277. The molecule has 1 aliphatic rings. The van der Waals surface area contributed by atoms with Crippen LogP contribution in [0.1, 0.15) is 45.7 Å².